The number of hydrogen-bond donors (Lipinski definition) is 1. The van der Waals surface area contributed by atoms with Crippen LogP contribution in [0.25, 0.3) is 0 Å². The van der Waals surface area contributed by atoms with Crippen LogP contribution in [0.5, 0.6) is 0 Å². The zero-order valence-corrected chi connectivity index (χ0v) is 12.4. The van der Waals surface area contributed by atoms with Crippen LogP contribution in [-0.4, -0.2) is 48.6 Å². The van der Waals surface area contributed by atoms with Gasteiger partial charge in [-0.3, -0.25) is 4.90 Å². The summed E-state index contributed by atoms with van der Waals surface area (Å²) in [5.41, 5.74) is 7.76. The first-order valence-electron chi connectivity index (χ1n) is 7.38. The molecule has 1 aliphatic rings. The Morgan fingerprint density at radius 3 is 2.53 bits per heavy atom. The van der Waals surface area contributed by atoms with Crippen LogP contribution in [0.3, 0.4) is 0 Å². The predicted octanol–water partition coefficient (Wildman–Crippen LogP) is 2.10. The van der Waals surface area contributed by atoms with Gasteiger partial charge in [-0.25, -0.2) is 0 Å². The van der Waals surface area contributed by atoms with Gasteiger partial charge in [-0.2, -0.15) is 0 Å². The average Bonchev–Trinajstić information content (AvgIpc) is 2.44. The van der Waals surface area contributed by atoms with E-state index in [9.17, 15) is 0 Å². The molecule has 0 aliphatic carbocycles. The van der Waals surface area contributed by atoms with Crippen molar-refractivity contribution in [2.24, 2.45) is 5.73 Å². The van der Waals surface area contributed by atoms with E-state index >= 15 is 0 Å². The molecule has 1 aromatic carbocycles. The lowest BCUT2D eigenvalue weighted by atomic mass is 9.95. The number of benzene rings is 1. The largest absolute Gasteiger partial charge is 0.323 e. The highest BCUT2D eigenvalue weighted by atomic mass is 15.3. The van der Waals surface area contributed by atoms with Crippen molar-refractivity contribution in [3.05, 3.63) is 35.9 Å². The van der Waals surface area contributed by atoms with Crippen LogP contribution in [0.15, 0.2) is 30.3 Å². The lowest BCUT2D eigenvalue weighted by Crippen LogP contribution is -2.55. The molecule has 3 heteroatoms. The van der Waals surface area contributed by atoms with Gasteiger partial charge in [0.25, 0.3) is 0 Å². The van der Waals surface area contributed by atoms with Crippen molar-refractivity contribution in [3.8, 4) is 0 Å². The Hall–Kier alpha value is -0.900. The molecule has 0 bridgehead atoms. The van der Waals surface area contributed by atoms with Crippen molar-refractivity contribution < 1.29 is 0 Å². The van der Waals surface area contributed by atoms with E-state index in [2.05, 4.69) is 61.0 Å². The molecule has 0 aromatic heterocycles. The zero-order valence-electron chi connectivity index (χ0n) is 12.4. The number of piperazine rings is 1. The maximum Gasteiger partial charge on any atom is 0.0453 e. The monoisotopic (exact) mass is 261 g/mol. The third kappa shape index (κ3) is 3.35. The molecule has 2 N–H and O–H groups in total. The molecular weight excluding hydrogens is 234 g/mol. The van der Waals surface area contributed by atoms with Crippen LogP contribution in [0.1, 0.15) is 31.9 Å². The van der Waals surface area contributed by atoms with Gasteiger partial charge in [0.15, 0.2) is 0 Å². The number of hydrogen-bond acceptors (Lipinski definition) is 3. The predicted molar refractivity (Wildman–Crippen MR) is 81.1 cm³/mol. The molecule has 0 spiro atoms. The van der Waals surface area contributed by atoms with Gasteiger partial charge >= 0.3 is 0 Å². The summed E-state index contributed by atoms with van der Waals surface area (Å²) >= 11 is 0. The van der Waals surface area contributed by atoms with Crippen LogP contribution in [0.4, 0.5) is 0 Å². The maximum absolute atomic E-state index is 6.51. The van der Waals surface area contributed by atoms with Gasteiger partial charge in [0.05, 0.1) is 0 Å². The molecule has 2 rings (SSSR count). The Balaban J connectivity index is 2.07. The Labute approximate surface area is 117 Å². The van der Waals surface area contributed by atoms with E-state index in [1.54, 1.807) is 0 Å². The SMILES string of the molecule is CCC(C(N)c1ccccc1)N1CCN(C)C(C)C1. The van der Waals surface area contributed by atoms with E-state index in [1.165, 1.54) is 5.56 Å². The summed E-state index contributed by atoms with van der Waals surface area (Å²) < 4.78 is 0. The molecule has 1 heterocycles. The van der Waals surface area contributed by atoms with E-state index in [4.69, 9.17) is 5.73 Å². The summed E-state index contributed by atoms with van der Waals surface area (Å²) in [6.07, 6.45) is 1.10. The van der Waals surface area contributed by atoms with E-state index in [0.717, 1.165) is 26.1 Å². The highest BCUT2D eigenvalue weighted by molar-refractivity contribution is 5.20. The third-order valence-corrected chi connectivity index (χ3v) is 4.48. The molecule has 1 aromatic rings. The van der Waals surface area contributed by atoms with E-state index in [1.807, 2.05) is 0 Å². The quantitative estimate of drug-likeness (QED) is 0.901. The van der Waals surface area contributed by atoms with Crippen LogP contribution in [0, 0.1) is 0 Å². The van der Waals surface area contributed by atoms with Gasteiger partial charge < -0.3 is 10.6 Å². The molecule has 3 atom stereocenters. The molecular formula is C16H27N3. The summed E-state index contributed by atoms with van der Waals surface area (Å²) in [4.78, 5) is 5.00. The minimum atomic E-state index is 0.113. The Morgan fingerprint density at radius 2 is 1.95 bits per heavy atom. The molecule has 0 amide bonds. The highest BCUT2D eigenvalue weighted by Gasteiger charge is 2.29. The van der Waals surface area contributed by atoms with E-state index < -0.39 is 0 Å². The molecule has 3 unspecified atom stereocenters. The zero-order chi connectivity index (χ0) is 13.8. The Kier molecular flexibility index (Phi) is 4.97. The molecule has 106 valence electrons. The topological polar surface area (TPSA) is 32.5 Å². The lowest BCUT2D eigenvalue weighted by molar-refractivity contribution is 0.0604. The standard InChI is InChI=1S/C16H27N3/c1-4-15(16(17)14-8-6-5-7-9-14)19-11-10-18(3)13(2)12-19/h5-9,13,15-16H,4,10-12,17H2,1-3H3. The molecule has 1 fully saturated rings. The minimum Gasteiger partial charge on any atom is -0.323 e. The second-order valence-electron chi connectivity index (χ2n) is 5.74. The lowest BCUT2D eigenvalue weighted by Gasteiger charge is -2.43. The molecule has 1 aliphatic heterocycles. The number of nitrogens with zero attached hydrogens (tertiary/aromatic N) is 2. The van der Waals surface area contributed by atoms with Crippen molar-refractivity contribution in [2.45, 2.75) is 38.4 Å². The number of rotatable bonds is 4. The second kappa shape index (κ2) is 6.51. The fourth-order valence-corrected chi connectivity index (χ4v) is 3.01. The average molecular weight is 261 g/mol. The summed E-state index contributed by atoms with van der Waals surface area (Å²) in [6.45, 7) is 7.93. The third-order valence-electron chi connectivity index (χ3n) is 4.48. The minimum absolute atomic E-state index is 0.113. The van der Waals surface area contributed by atoms with E-state index in [-0.39, 0.29) is 6.04 Å². The van der Waals surface area contributed by atoms with Gasteiger partial charge in [0.2, 0.25) is 0 Å². The summed E-state index contributed by atoms with van der Waals surface area (Å²) in [6, 6.07) is 11.7. The molecule has 0 saturated carbocycles. The van der Waals surface area contributed by atoms with Gasteiger partial charge in [0.1, 0.15) is 0 Å². The first-order valence-corrected chi connectivity index (χ1v) is 7.38. The van der Waals surface area contributed by atoms with Crippen LogP contribution in [0.2, 0.25) is 0 Å². The molecule has 1 saturated heterocycles. The smallest absolute Gasteiger partial charge is 0.0453 e. The van der Waals surface area contributed by atoms with Crippen LogP contribution >= 0.6 is 0 Å². The summed E-state index contributed by atoms with van der Waals surface area (Å²) in [5, 5.41) is 0. The Bertz CT molecular complexity index is 379. The van der Waals surface area contributed by atoms with Crippen molar-refractivity contribution in [3.63, 3.8) is 0 Å². The van der Waals surface area contributed by atoms with Crippen molar-refractivity contribution in [2.75, 3.05) is 26.7 Å². The first-order chi connectivity index (χ1) is 9.13. The highest BCUT2D eigenvalue weighted by Crippen LogP contribution is 2.23. The second-order valence-corrected chi connectivity index (χ2v) is 5.74. The van der Waals surface area contributed by atoms with Crippen LogP contribution < -0.4 is 5.73 Å². The van der Waals surface area contributed by atoms with Crippen molar-refractivity contribution in [1.82, 2.24) is 9.80 Å². The first kappa shape index (κ1) is 14.5. The molecule has 3 nitrogen and oxygen atoms in total. The van der Waals surface area contributed by atoms with Crippen molar-refractivity contribution >= 4 is 0 Å². The number of likely N-dealkylation sites (N-methyl/N-ethyl adjacent to an activating group) is 1. The van der Waals surface area contributed by atoms with E-state index in [0.29, 0.717) is 12.1 Å². The summed E-state index contributed by atoms with van der Waals surface area (Å²) in [7, 11) is 2.21. The number of nitrogens with two attached hydrogens (primary N) is 1. The van der Waals surface area contributed by atoms with Gasteiger partial charge in [-0.15, -0.1) is 0 Å². The molecule has 0 radical (unpaired) electrons. The van der Waals surface area contributed by atoms with Gasteiger partial charge in [0, 0.05) is 37.8 Å². The fraction of sp³-hybridized carbons (Fsp3) is 0.625. The van der Waals surface area contributed by atoms with Gasteiger partial charge in [-0.1, -0.05) is 37.3 Å². The van der Waals surface area contributed by atoms with Crippen molar-refractivity contribution in [1.29, 1.82) is 0 Å². The maximum atomic E-state index is 6.51. The normalized spacial score (nSPS) is 25.2. The Morgan fingerprint density at radius 1 is 1.26 bits per heavy atom. The van der Waals surface area contributed by atoms with Gasteiger partial charge in [-0.05, 0) is 26.0 Å². The summed E-state index contributed by atoms with van der Waals surface area (Å²) in [5.74, 6) is 0. The fourth-order valence-electron chi connectivity index (χ4n) is 3.01. The van der Waals surface area contributed by atoms with Crippen LogP contribution in [-0.2, 0) is 0 Å². The molecule has 19 heavy (non-hydrogen) atoms.